The predicted molar refractivity (Wildman–Crippen MR) is 119 cm³/mol. The molecule has 2 aromatic rings. The van der Waals surface area contributed by atoms with Crippen LogP contribution in [0.4, 0.5) is 0 Å². The molecule has 1 fully saturated rings. The van der Waals surface area contributed by atoms with Crippen LogP contribution in [0.15, 0.2) is 39.7 Å². The van der Waals surface area contributed by atoms with E-state index in [-0.39, 0.29) is 18.4 Å². The van der Waals surface area contributed by atoms with Gasteiger partial charge in [0, 0.05) is 32.1 Å². The minimum absolute atomic E-state index is 0.0238. The van der Waals surface area contributed by atoms with E-state index in [0.29, 0.717) is 32.2 Å². The molecule has 1 unspecified atom stereocenters. The average molecular weight is 437 g/mol. The van der Waals surface area contributed by atoms with Gasteiger partial charge in [-0.3, -0.25) is 4.99 Å². The van der Waals surface area contributed by atoms with E-state index in [0.717, 1.165) is 36.0 Å². The van der Waals surface area contributed by atoms with Gasteiger partial charge >= 0.3 is 0 Å². The summed E-state index contributed by atoms with van der Waals surface area (Å²) in [6.07, 6.45) is 3.01. The number of hydrogen-bond donors (Lipinski definition) is 2. The van der Waals surface area contributed by atoms with Crippen molar-refractivity contribution in [3.63, 3.8) is 0 Å². The van der Waals surface area contributed by atoms with Crippen molar-refractivity contribution < 1.29 is 17.6 Å². The summed E-state index contributed by atoms with van der Waals surface area (Å²) >= 11 is 0. The van der Waals surface area contributed by atoms with Gasteiger partial charge in [0.15, 0.2) is 5.96 Å². The number of nitrogens with zero attached hydrogens (tertiary/aromatic N) is 2. The molecule has 30 heavy (non-hydrogen) atoms. The van der Waals surface area contributed by atoms with Crippen LogP contribution in [0.1, 0.15) is 31.9 Å². The molecular formula is C21H32N4O4S. The largest absolute Gasteiger partial charge is 0.459 e. The Morgan fingerprint density at radius 1 is 1.30 bits per heavy atom. The number of sulfonamides is 1. The van der Waals surface area contributed by atoms with E-state index < -0.39 is 10.0 Å². The maximum Gasteiger partial charge on any atom is 0.213 e. The van der Waals surface area contributed by atoms with Gasteiger partial charge in [-0.05, 0) is 38.3 Å². The lowest BCUT2D eigenvalue weighted by atomic mass is 10.1. The number of rotatable bonds is 9. The van der Waals surface area contributed by atoms with Crippen molar-refractivity contribution in [3.8, 4) is 0 Å². The Balaban J connectivity index is 1.53. The summed E-state index contributed by atoms with van der Waals surface area (Å²) in [4.78, 5) is 6.41. The first-order valence-corrected chi connectivity index (χ1v) is 12.2. The molecule has 2 heterocycles. The molecule has 8 nitrogen and oxygen atoms in total. The van der Waals surface area contributed by atoms with Gasteiger partial charge in [0.25, 0.3) is 0 Å². The third-order valence-electron chi connectivity index (χ3n) is 4.99. The summed E-state index contributed by atoms with van der Waals surface area (Å²) in [6.45, 7) is 4.41. The predicted octanol–water partition coefficient (Wildman–Crippen LogP) is 2.32. The molecule has 9 heteroatoms. The van der Waals surface area contributed by atoms with Crippen LogP contribution in [-0.2, 0) is 21.3 Å². The number of hydrogen-bond acceptors (Lipinski definition) is 5. The molecule has 166 valence electrons. The van der Waals surface area contributed by atoms with Crippen LogP contribution in [0.5, 0.6) is 0 Å². The molecule has 1 aromatic carbocycles. The number of fused-ring (bicyclic) bond motifs is 1. The van der Waals surface area contributed by atoms with E-state index in [9.17, 15) is 8.42 Å². The van der Waals surface area contributed by atoms with Gasteiger partial charge in [-0.2, -0.15) is 0 Å². The second-order valence-corrected chi connectivity index (χ2v) is 9.42. The van der Waals surface area contributed by atoms with Gasteiger partial charge < -0.3 is 19.4 Å². The van der Waals surface area contributed by atoms with E-state index in [4.69, 9.17) is 9.15 Å². The van der Waals surface area contributed by atoms with Crippen LogP contribution in [0, 0.1) is 0 Å². The summed E-state index contributed by atoms with van der Waals surface area (Å²) < 4.78 is 38.7. The Morgan fingerprint density at radius 2 is 2.13 bits per heavy atom. The highest BCUT2D eigenvalue weighted by Crippen LogP contribution is 2.19. The van der Waals surface area contributed by atoms with E-state index >= 15 is 0 Å². The third kappa shape index (κ3) is 6.72. The Kier molecular flexibility index (Phi) is 8.12. The number of nitrogens with one attached hydrogen (secondary N) is 2. The first kappa shape index (κ1) is 22.6. The smallest absolute Gasteiger partial charge is 0.213 e. The van der Waals surface area contributed by atoms with Gasteiger partial charge in [0.05, 0.1) is 24.9 Å². The lowest BCUT2D eigenvalue weighted by Crippen LogP contribution is -2.39. The van der Waals surface area contributed by atoms with E-state index in [1.807, 2.05) is 49.2 Å². The molecule has 3 rings (SSSR count). The zero-order chi connectivity index (χ0) is 21.4. The molecule has 1 aromatic heterocycles. The summed E-state index contributed by atoms with van der Waals surface area (Å²) in [7, 11) is -1.49. The van der Waals surface area contributed by atoms with Crippen LogP contribution < -0.4 is 10.0 Å². The van der Waals surface area contributed by atoms with E-state index in [2.05, 4.69) is 15.0 Å². The zero-order valence-electron chi connectivity index (χ0n) is 17.8. The summed E-state index contributed by atoms with van der Waals surface area (Å²) in [6, 6.07) is 9.88. The molecule has 0 radical (unpaired) electrons. The van der Waals surface area contributed by atoms with Crippen molar-refractivity contribution in [2.45, 2.75) is 38.8 Å². The molecule has 0 amide bonds. The number of ether oxygens (including phenoxy) is 1. The molecule has 0 spiro atoms. The normalized spacial score (nSPS) is 17.9. The number of furan rings is 1. The van der Waals surface area contributed by atoms with Gasteiger partial charge in [-0.15, -0.1) is 0 Å². The fourth-order valence-corrected chi connectivity index (χ4v) is 4.34. The molecule has 1 atom stereocenters. The average Bonchev–Trinajstić information content (AvgIpc) is 3.14. The highest BCUT2D eigenvalue weighted by atomic mass is 32.2. The van der Waals surface area contributed by atoms with E-state index in [1.54, 1.807) is 0 Å². The third-order valence-corrected chi connectivity index (χ3v) is 6.32. The van der Waals surface area contributed by atoms with Gasteiger partial charge in [-0.25, -0.2) is 13.1 Å². The van der Waals surface area contributed by atoms with Crippen molar-refractivity contribution in [1.82, 2.24) is 14.9 Å². The van der Waals surface area contributed by atoms with Crippen molar-refractivity contribution in [1.29, 1.82) is 0 Å². The molecule has 0 aliphatic carbocycles. The van der Waals surface area contributed by atoms with Crippen LogP contribution in [0.2, 0.25) is 0 Å². The number of aliphatic imine (C=N–C) groups is 1. The van der Waals surface area contributed by atoms with Crippen LogP contribution in [0.3, 0.4) is 0 Å². The van der Waals surface area contributed by atoms with E-state index in [1.165, 1.54) is 0 Å². The topological polar surface area (TPSA) is 96.2 Å². The summed E-state index contributed by atoms with van der Waals surface area (Å²) in [5.41, 5.74) is 0.849. The molecule has 1 aliphatic rings. The highest BCUT2D eigenvalue weighted by molar-refractivity contribution is 7.89. The SMILES string of the molecule is CCNC(=NCCS(=O)(=O)NCC1CCCCO1)N(C)Cc1cc2ccccc2o1. The second kappa shape index (κ2) is 10.8. The summed E-state index contributed by atoms with van der Waals surface area (Å²) in [5.74, 6) is 1.41. The molecule has 1 aliphatic heterocycles. The quantitative estimate of drug-likeness (QED) is 0.463. The molecule has 0 saturated carbocycles. The van der Waals surface area contributed by atoms with Gasteiger partial charge in [0.2, 0.25) is 10.0 Å². The Morgan fingerprint density at radius 3 is 2.87 bits per heavy atom. The minimum Gasteiger partial charge on any atom is -0.459 e. The van der Waals surface area contributed by atoms with Crippen molar-refractivity contribution in [2.24, 2.45) is 4.99 Å². The van der Waals surface area contributed by atoms with Crippen LogP contribution in [-0.4, -0.2) is 64.4 Å². The highest BCUT2D eigenvalue weighted by Gasteiger charge is 2.18. The maximum absolute atomic E-state index is 12.3. The van der Waals surface area contributed by atoms with Crippen LogP contribution >= 0.6 is 0 Å². The maximum atomic E-state index is 12.3. The fraction of sp³-hybridized carbons (Fsp3) is 0.571. The Hall–Kier alpha value is -2.10. The second-order valence-electron chi connectivity index (χ2n) is 7.50. The monoisotopic (exact) mass is 436 g/mol. The lowest BCUT2D eigenvalue weighted by Gasteiger charge is -2.22. The molecule has 0 bridgehead atoms. The number of benzene rings is 1. The van der Waals surface area contributed by atoms with Crippen molar-refractivity contribution in [2.75, 3.05) is 39.0 Å². The molecule has 2 N–H and O–H groups in total. The number of para-hydroxylation sites is 1. The fourth-order valence-electron chi connectivity index (χ4n) is 3.43. The van der Waals surface area contributed by atoms with Crippen molar-refractivity contribution in [3.05, 3.63) is 36.1 Å². The van der Waals surface area contributed by atoms with Gasteiger partial charge in [-0.1, -0.05) is 18.2 Å². The standard InChI is InChI=1S/C21H32N4O4S/c1-3-22-21(25(2)16-19-14-17-8-4-5-10-20(17)29-19)23-11-13-30(26,27)24-15-18-9-6-7-12-28-18/h4-5,8,10,14,18,24H,3,6-7,9,11-13,15-16H2,1-2H3,(H,22,23). The van der Waals surface area contributed by atoms with Gasteiger partial charge in [0.1, 0.15) is 11.3 Å². The minimum atomic E-state index is -3.40. The molecular weight excluding hydrogens is 404 g/mol. The first-order chi connectivity index (χ1) is 14.5. The van der Waals surface area contributed by atoms with Crippen molar-refractivity contribution >= 4 is 27.0 Å². The number of guanidine groups is 1. The Labute approximate surface area is 178 Å². The first-order valence-electron chi connectivity index (χ1n) is 10.5. The Bertz CT molecular complexity index is 902. The zero-order valence-corrected chi connectivity index (χ0v) is 18.6. The van der Waals surface area contributed by atoms with Crippen LogP contribution in [0.25, 0.3) is 11.0 Å². The summed E-state index contributed by atoms with van der Waals surface area (Å²) in [5, 5.41) is 4.26. The molecule has 1 saturated heterocycles. The lowest BCUT2D eigenvalue weighted by molar-refractivity contribution is 0.0200.